The lowest BCUT2D eigenvalue weighted by molar-refractivity contribution is -0.145. The molecule has 26 heavy (non-hydrogen) atoms. The molecule has 0 aliphatic rings. The van der Waals surface area contributed by atoms with E-state index in [1.165, 1.54) is 13.2 Å². The maximum atomic E-state index is 13.2. The summed E-state index contributed by atoms with van der Waals surface area (Å²) in [7, 11) is 1.21. The molecule has 1 atom stereocenters. The molecule has 0 heterocycles. The number of rotatable bonds is 6. The third kappa shape index (κ3) is 5.51. The molecule has 0 radical (unpaired) electrons. The van der Waals surface area contributed by atoms with Gasteiger partial charge in [-0.1, -0.05) is 33.6 Å². The Balaban J connectivity index is 2.11. The minimum atomic E-state index is -1.04. The van der Waals surface area contributed by atoms with Crippen molar-refractivity contribution < 1.29 is 23.1 Å². The van der Waals surface area contributed by atoms with Gasteiger partial charge < -0.3 is 10.1 Å². The summed E-state index contributed by atoms with van der Waals surface area (Å²) in [6.45, 7) is 0. The van der Waals surface area contributed by atoms with Crippen LogP contribution in [0.5, 0.6) is 0 Å². The van der Waals surface area contributed by atoms with Gasteiger partial charge in [0.2, 0.25) is 5.91 Å². The molecule has 1 N–H and O–H groups in total. The van der Waals surface area contributed by atoms with E-state index < -0.39 is 29.6 Å². The third-order valence-electron chi connectivity index (χ3n) is 3.60. The van der Waals surface area contributed by atoms with Gasteiger partial charge in [0.15, 0.2) is 11.6 Å². The molecule has 138 valence electrons. The van der Waals surface area contributed by atoms with E-state index >= 15 is 0 Å². The van der Waals surface area contributed by atoms with Crippen molar-refractivity contribution >= 4 is 39.4 Å². The number of amides is 1. The molecular formula is C18H15BrClF2NO3. The zero-order chi connectivity index (χ0) is 19.3. The molecule has 2 aromatic rings. The number of carbonyl (C=O) groups excluding carboxylic acids is 2. The van der Waals surface area contributed by atoms with Crippen LogP contribution in [0.2, 0.25) is 5.02 Å². The summed E-state index contributed by atoms with van der Waals surface area (Å²) >= 11 is 9.33. The number of ether oxygens (including phenoxy) is 1. The van der Waals surface area contributed by atoms with Crippen molar-refractivity contribution in [1.29, 1.82) is 0 Å². The zero-order valence-corrected chi connectivity index (χ0v) is 16.0. The Kier molecular flexibility index (Phi) is 7.11. The number of benzene rings is 2. The molecule has 0 fully saturated rings. The molecule has 0 bridgehead atoms. The SMILES string of the molecule is COC(=O)[C@@H](Cc1cc(Cl)ccc1Br)NC(=O)Cc1ccc(F)c(F)c1. The van der Waals surface area contributed by atoms with Gasteiger partial charge in [-0.15, -0.1) is 0 Å². The Bertz CT molecular complexity index is 832. The smallest absolute Gasteiger partial charge is 0.328 e. The van der Waals surface area contributed by atoms with Gasteiger partial charge in [-0.3, -0.25) is 4.79 Å². The molecule has 8 heteroatoms. The summed E-state index contributed by atoms with van der Waals surface area (Å²) in [6.07, 6.45) is -0.0568. The Morgan fingerprint density at radius 3 is 2.58 bits per heavy atom. The van der Waals surface area contributed by atoms with Crippen molar-refractivity contribution in [3.8, 4) is 0 Å². The Labute approximate surface area is 162 Å². The Morgan fingerprint density at radius 2 is 1.92 bits per heavy atom. The third-order valence-corrected chi connectivity index (χ3v) is 4.61. The van der Waals surface area contributed by atoms with Gasteiger partial charge in [-0.2, -0.15) is 0 Å². The predicted octanol–water partition coefficient (Wildman–Crippen LogP) is 3.82. The van der Waals surface area contributed by atoms with Crippen molar-refractivity contribution in [2.45, 2.75) is 18.9 Å². The van der Waals surface area contributed by atoms with Crippen LogP contribution in [0.15, 0.2) is 40.9 Å². The van der Waals surface area contributed by atoms with Gasteiger partial charge in [0.05, 0.1) is 13.5 Å². The molecule has 0 unspecified atom stereocenters. The molecular weight excluding hydrogens is 432 g/mol. The van der Waals surface area contributed by atoms with E-state index in [4.69, 9.17) is 16.3 Å². The Morgan fingerprint density at radius 1 is 1.19 bits per heavy atom. The predicted molar refractivity (Wildman–Crippen MR) is 96.9 cm³/mol. The van der Waals surface area contributed by atoms with Crippen LogP contribution in [-0.4, -0.2) is 25.0 Å². The second-order valence-corrected chi connectivity index (χ2v) is 6.80. The van der Waals surface area contributed by atoms with E-state index in [2.05, 4.69) is 21.2 Å². The van der Waals surface area contributed by atoms with Gasteiger partial charge in [-0.25, -0.2) is 13.6 Å². The summed E-state index contributed by atoms with van der Waals surface area (Å²) in [4.78, 5) is 24.2. The maximum absolute atomic E-state index is 13.2. The first-order valence-electron chi connectivity index (χ1n) is 7.55. The van der Waals surface area contributed by atoms with Crippen molar-refractivity contribution in [3.63, 3.8) is 0 Å². The average Bonchev–Trinajstić information content (AvgIpc) is 2.60. The summed E-state index contributed by atoms with van der Waals surface area (Å²) in [6, 6.07) is 7.32. The van der Waals surface area contributed by atoms with Gasteiger partial charge in [0.25, 0.3) is 0 Å². The fraction of sp³-hybridized carbons (Fsp3) is 0.222. The standard InChI is InChI=1S/C18H15BrClF2NO3/c1-26-18(25)16(9-11-8-12(20)3-4-13(11)19)23-17(24)7-10-2-5-14(21)15(22)6-10/h2-6,8,16H,7,9H2,1H3,(H,23,24)/t16-/m1/s1. The lowest BCUT2D eigenvalue weighted by atomic mass is 10.1. The van der Waals surface area contributed by atoms with Crippen LogP contribution in [0, 0.1) is 11.6 Å². The number of hydrogen-bond acceptors (Lipinski definition) is 3. The first kappa shape index (κ1) is 20.3. The Hall–Kier alpha value is -1.99. The summed E-state index contributed by atoms with van der Waals surface area (Å²) in [5.41, 5.74) is 0.995. The van der Waals surface area contributed by atoms with Crippen LogP contribution in [0.25, 0.3) is 0 Å². The number of methoxy groups -OCH3 is 1. The zero-order valence-electron chi connectivity index (χ0n) is 13.7. The van der Waals surface area contributed by atoms with Crippen LogP contribution in [0.3, 0.4) is 0 Å². The second-order valence-electron chi connectivity index (χ2n) is 5.51. The van der Waals surface area contributed by atoms with E-state index in [1.54, 1.807) is 18.2 Å². The quantitative estimate of drug-likeness (QED) is 0.686. The van der Waals surface area contributed by atoms with Crippen molar-refractivity contribution in [2.75, 3.05) is 7.11 Å². The molecule has 0 saturated heterocycles. The first-order valence-corrected chi connectivity index (χ1v) is 8.72. The van der Waals surface area contributed by atoms with Gasteiger partial charge >= 0.3 is 5.97 Å². The molecule has 0 aliphatic carbocycles. The topological polar surface area (TPSA) is 55.4 Å². The molecule has 2 aromatic carbocycles. The number of carbonyl (C=O) groups is 2. The van der Waals surface area contributed by atoms with E-state index in [-0.39, 0.29) is 18.4 Å². The highest BCUT2D eigenvalue weighted by molar-refractivity contribution is 9.10. The van der Waals surface area contributed by atoms with E-state index in [1.807, 2.05) is 0 Å². The fourth-order valence-corrected chi connectivity index (χ4v) is 2.94. The molecule has 1 amide bonds. The highest BCUT2D eigenvalue weighted by atomic mass is 79.9. The van der Waals surface area contributed by atoms with Gasteiger partial charge in [0.1, 0.15) is 6.04 Å². The van der Waals surface area contributed by atoms with Crippen LogP contribution in [0.4, 0.5) is 8.78 Å². The van der Waals surface area contributed by atoms with Crippen LogP contribution < -0.4 is 5.32 Å². The van der Waals surface area contributed by atoms with E-state index in [0.717, 1.165) is 16.6 Å². The lowest BCUT2D eigenvalue weighted by Gasteiger charge is -2.17. The number of halogens is 4. The molecule has 4 nitrogen and oxygen atoms in total. The molecule has 0 saturated carbocycles. The summed E-state index contributed by atoms with van der Waals surface area (Å²) in [5, 5.41) is 3.04. The molecule has 0 spiro atoms. The summed E-state index contributed by atoms with van der Waals surface area (Å²) < 4.78 is 31.7. The average molecular weight is 447 g/mol. The van der Waals surface area contributed by atoms with Crippen molar-refractivity contribution in [3.05, 3.63) is 68.7 Å². The fourth-order valence-electron chi connectivity index (χ4n) is 2.34. The van der Waals surface area contributed by atoms with Crippen LogP contribution >= 0.6 is 27.5 Å². The number of hydrogen-bond donors (Lipinski definition) is 1. The highest BCUT2D eigenvalue weighted by Gasteiger charge is 2.23. The minimum Gasteiger partial charge on any atom is -0.467 e. The van der Waals surface area contributed by atoms with E-state index in [0.29, 0.717) is 10.6 Å². The highest BCUT2D eigenvalue weighted by Crippen LogP contribution is 2.22. The normalized spacial score (nSPS) is 11.7. The largest absolute Gasteiger partial charge is 0.467 e. The van der Waals surface area contributed by atoms with Crippen molar-refractivity contribution in [2.24, 2.45) is 0 Å². The van der Waals surface area contributed by atoms with Gasteiger partial charge in [-0.05, 0) is 41.5 Å². The monoisotopic (exact) mass is 445 g/mol. The lowest BCUT2D eigenvalue weighted by Crippen LogP contribution is -2.43. The minimum absolute atomic E-state index is 0.150. The molecule has 0 aliphatic heterocycles. The molecule has 2 rings (SSSR count). The van der Waals surface area contributed by atoms with Crippen LogP contribution in [-0.2, 0) is 27.2 Å². The molecule has 0 aromatic heterocycles. The second kappa shape index (κ2) is 9.09. The first-order chi connectivity index (χ1) is 12.3. The maximum Gasteiger partial charge on any atom is 0.328 e. The van der Waals surface area contributed by atoms with Crippen molar-refractivity contribution in [1.82, 2.24) is 5.32 Å². The van der Waals surface area contributed by atoms with Crippen LogP contribution in [0.1, 0.15) is 11.1 Å². The summed E-state index contributed by atoms with van der Waals surface area (Å²) in [5.74, 6) is -3.19. The van der Waals surface area contributed by atoms with E-state index in [9.17, 15) is 18.4 Å². The number of nitrogens with one attached hydrogen (secondary N) is 1. The number of esters is 1. The van der Waals surface area contributed by atoms with Gasteiger partial charge in [0, 0.05) is 15.9 Å².